The van der Waals surface area contributed by atoms with E-state index in [4.69, 9.17) is 4.42 Å². The van der Waals surface area contributed by atoms with Crippen LogP contribution in [0, 0.1) is 0 Å². The second-order valence-electron chi connectivity index (χ2n) is 6.73. The normalized spacial score (nSPS) is 17.9. The topological polar surface area (TPSA) is 64.2 Å². The fourth-order valence-electron chi connectivity index (χ4n) is 3.13. The summed E-state index contributed by atoms with van der Waals surface area (Å²) in [6, 6.07) is 14.0. The van der Waals surface area contributed by atoms with E-state index in [1.54, 1.807) is 25.3 Å². The number of nitrogens with one attached hydrogen (secondary N) is 1. The van der Waals surface area contributed by atoms with Gasteiger partial charge in [0.2, 0.25) is 0 Å². The van der Waals surface area contributed by atoms with Gasteiger partial charge in [0.25, 0.3) is 0 Å². The molecule has 1 saturated heterocycles. The number of furan rings is 1. The van der Waals surface area contributed by atoms with E-state index in [9.17, 15) is 5.11 Å². The number of guanidine groups is 1. The minimum atomic E-state index is -1.12. The van der Waals surface area contributed by atoms with Crippen LogP contribution in [0.15, 0.2) is 58.1 Å². The van der Waals surface area contributed by atoms with Gasteiger partial charge in [-0.3, -0.25) is 0 Å². The van der Waals surface area contributed by atoms with Gasteiger partial charge in [-0.1, -0.05) is 18.2 Å². The number of para-hydroxylation sites is 1. The van der Waals surface area contributed by atoms with Crippen LogP contribution in [-0.4, -0.2) is 55.2 Å². The van der Waals surface area contributed by atoms with Crippen LogP contribution in [0.4, 0.5) is 5.69 Å². The third-order valence-electron chi connectivity index (χ3n) is 4.62. The highest BCUT2D eigenvalue weighted by atomic mass is 16.4. The molecule has 2 aromatic rings. The number of aliphatic hydroxyl groups is 1. The van der Waals surface area contributed by atoms with Crippen LogP contribution in [0.1, 0.15) is 19.6 Å². The Labute approximate surface area is 155 Å². The summed E-state index contributed by atoms with van der Waals surface area (Å²) in [6.07, 6.45) is 1.57. The predicted octanol–water partition coefficient (Wildman–Crippen LogP) is 2.27. The summed E-state index contributed by atoms with van der Waals surface area (Å²) in [5.41, 5.74) is 0.144. The molecule has 0 saturated carbocycles. The van der Waals surface area contributed by atoms with Crippen LogP contribution in [0.5, 0.6) is 0 Å². The van der Waals surface area contributed by atoms with Crippen molar-refractivity contribution in [2.75, 3.05) is 44.2 Å². The van der Waals surface area contributed by atoms with Gasteiger partial charge in [0.15, 0.2) is 5.96 Å². The number of rotatable bonds is 5. The minimum Gasteiger partial charge on any atom is -0.466 e. The quantitative estimate of drug-likeness (QED) is 0.636. The molecule has 140 valence electrons. The van der Waals surface area contributed by atoms with Gasteiger partial charge in [0, 0.05) is 38.4 Å². The van der Waals surface area contributed by atoms with Crippen LogP contribution >= 0.6 is 0 Å². The van der Waals surface area contributed by atoms with Gasteiger partial charge >= 0.3 is 0 Å². The smallest absolute Gasteiger partial charge is 0.194 e. The Morgan fingerprint density at radius 3 is 2.50 bits per heavy atom. The third-order valence-corrected chi connectivity index (χ3v) is 4.62. The second-order valence-corrected chi connectivity index (χ2v) is 6.73. The Kier molecular flexibility index (Phi) is 5.83. The molecule has 1 fully saturated rings. The van der Waals surface area contributed by atoms with Crippen molar-refractivity contribution in [1.29, 1.82) is 0 Å². The first-order chi connectivity index (χ1) is 12.6. The summed E-state index contributed by atoms with van der Waals surface area (Å²) < 4.78 is 5.34. The zero-order valence-electron chi connectivity index (χ0n) is 15.6. The summed E-state index contributed by atoms with van der Waals surface area (Å²) in [7, 11) is 0. The van der Waals surface area contributed by atoms with Crippen LogP contribution in [0.25, 0.3) is 0 Å². The molecule has 1 atom stereocenters. The molecule has 2 N–H and O–H groups in total. The van der Waals surface area contributed by atoms with Gasteiger partial charge in [-0.15, -0.1) is 0 Å². The number of hydrogen-bond donors (Lipinski definition) is 2. The largest absolute Gasteiger partial charge is 0.466 e. The molecular formula is C20H28N4O2. The summed E-state index contributed by atoms with van der Waals surface area (Å²) in [4.78, 5) is 9.30. The number of aliphatic imine (C=N–C) groups is 1. The average molecular weight is 356 g/mol. The lowest BCUT2D eigenvalue weighted by molar-refractivity contribution is 0.0434. The van der Waals surface area contributed by atoms with Crippen molar-refractivity contribution < 1.29 is 9.52 Å². The number of hydrogen-bond acceptors (Lipinski definition) is 4. The Morgan fingerprint density at radius 1 is 1.15 bits per heavy atom. The molecule has 2 heterocycles. The molecule has 0 aliphatic carbocycles. The molecule has 26 heavy (non-hydrogen) atoms. The van der Waals surface area contributed by atoms with Crippen LogP contribution < -0.4 is 10.2 Å². The van der Waals surface area contributed by atoms with Crippen molar-refractivity contribution in [3.8, 4) is 0 Å². The van der Waals surface area contributed by atoms with Crippen LogP contribution in [-0.2, 0) is 5.60 Å². The van der Waals surface area contributed by atoms with Gasteiger partial charge in [0.1, 0.15) is 11.4 Å². The zero-order valence-corrected chi connectivity index (χ0v) is 15.6. The van der Waals surface area contributed by atoms with Crippen molar-refractivity contribution in [1.82, 2.24) is 10.2 Å². The van der Waals surface area contributed by atoms with E-state index in [1.165, 1.54) is 5.69 Å². The highest BCUT2D eigenvalue weighted by molar-refractivity contribution is 5.80. The van der Waals surface area contributed by atoms with E-state index >= 15 is 0 Å². The summed E-state index contributed by atoms with van der Waals surface area (Å²) in [5, 5.41) is 14.0. The van der Waals surface area contributed by atoms with E-state index in [1.807, 2.05) is 6.07 Å². The number of anilines is 1. The molecule has 6 heteroatoms. The lowest BCUT2D eigenvalue weighted by atomic mass is 10.0. The fourth-order valence-corrected chi connectivity index (χ4v) is 3.13. The van der Waals surface area contributed by atoms with E-state index in [0.29, 0.717) is 5.76 Å². The summed E-state index contributed by atoms with van der Waals surface area (Å²) in [5.74, 6) is 1.37. The third kappa shape index (κ3) is 4.38. The molecule has 6 nitrogen and oxygen atoms in total. The molecule has 1 aromatic heterocycles. The first-order valence-corrected chi connectivity index (χ1v) is 9.20. The van der Waals surface area contributed by atoms with Crippen LogP contribution in [0.3, 0.4) is 0 Å². The Hall–Kier alpha value is -2.47. The molecule has 0 amide bonds. The monoisotopic (exact) mass is 356 g/mol. The van der Waals surface area contributed by atoms with E-state index in [-0.39, 0.29) is 6.54 Å². The summed E-state index contributed by atoms with van der Waals surface area (Å²) >= 11 is 0. The van der Waals surface area contributed by atoms with Gasteiger partial charge in [-0.05, 0) is 38.1 Å². The first-order valence-electron chi connectivity index (χ1n) is 9.20. The number of piperazine rings is 1. The van der Waals surface area contributed by atoms with Crippen molar-refractivity contribution in [3.05, 3.63) is 54.5 Å². The molecule has 1 aliphatic heterocycles. The molecule has 1 aliphatic rings. The number of benzene rings is 1. The second kappa shape index (κ2) is 8.27. The van der Waals surface area contributed by atoms with Gasteiger partial charge < -0.3 is 24.6 Å². The van der Waals surface area contributed by atoms with Gasteiger partial charge in [-0.25, -0.2) is 4.99 Å². The van der Waals surface area contributed by atoms with Crippen LogP contribution in [0.2, 0.25) is 0 Å². The fraction of sp³-hybridized carbons (Fsp3) is 0.450. The zero-order chi connectivity index (χ0) is 18.4. The Balaban J connectivity index is 1.63. The number of nitrogens with zero attached hydrogens (tertiary/aromatic N) is 3. The molecular weight excluding hydrogens is 328 g/mol. The maximum atomic E-state index is 10.6. The highest BCUT2D eigenvalue weighted by Crippen LogP contribution is 2.21. The highest BCUT2D eigenvalue weighted by Gasteiger charge is 2.27. The maximum absolute atomic E-state index is 10.6. The SMILES string of the molecule is CCNC(=NCC(C)(O)c1ccco1)N1CCN(c2ccccc2)CC1. The molecule has 0 radical (unpaired) electrons. The standard InChI is InChI=1S/C20H28N4O2/c1-3-21-19(22-16-20(2,25)18-10-7-15-26-18)24-13-11-23(12-14-24)17-8-5-4-6-9-17/h4-10,15,25H,3,11-14,16H2,1-2H3,(H,21,22). The van der Waals surface area contributed by atoms with Crippen molar-refractivity contribution in [2.45, 2.75) is 19.4 Å². The van der Waals surface area contributed by atoms with Crippen molar-refractivity contribution in [2.24, 2.45) is 4.99 Å². The molecule has 1 unspecified atom stereocenters. The molecule has 1 aromatic carbocycles. The average Bonchev–Trinajstić information content (AvgIpc) is 3.22. The van der Waals surface area contributed by atoms with Crippen molar-refractivity contribution in [3.63, 3.8) is 0 Å². The lowest BCUT2D eigenvalue weighted by Crippen LogP contribution is -2.52. The molecule has 0 bridgehead atoms. The van der Waals surface area contributed by atoms with E-state index < -0.39 is 5.60 Å². The molecule has 0 spiro atoms. The maximum Gasteiger partial charge on any atom is 0.194 e. The van der Waals surface area contributed by atoms with Gasteiger partial charge in [-0.2, -0.15) is 0 Å². The van der Waals surface area contributed by atoms with E-state index in [2.05, 4.69) is 51.3 Å². The minimum absolute atomic E-state index is 0.252. The van der Waals surface area contributed by atoms with Gasteiger partial charge in [0.05, 0.1) is 12.8 Å². The molecule has 3 rings (SSSR count). The Bertz CT molecular complexity index is 690. The summed E-state index contributed by atoms with van der Waals surface area (Å²) in [6.45, 7) is 8.51. The van der Waals surface area contributed by atoms with E-state index in [0.717, 1.165) is 38.7 Å². The first kappa shape index (κ1) is 18.3. The Morgan fingerprint density at radius 2 is 1.88 bits per heavy atom. The lowest BCUT2D eigenvalue weighted by Gasteiger charge is -2.38. The van der Waals surface area contributed by atoms with Crippen molar-refractivity contribution >= 4 is 11.6 Å². The predicted molar refractivity (Wildman–Crippen MR) is 104 cm³/mol.